The summed E-state index contributed by atoms with van der Waals surface area (Å²) in [5, 5.41) is 10.6. The number of nitrogens with zero attached hydrogens (tertiary/aromatic N) is 1. The predicted octanol–water partition coefficient (Wildman–Crippen LogP) is 5.11. The molecule has 142 valence electrons. The van der Waals surface area contributed by atoms with Gasteiger partial charge in [-0.05, 0) is 108 Å². The van der Waals surface area contributed by atoms with Crippen LogP contribution in [0.4, 0.5) is 0 Å². The van der Waals surface area contributed by atoms with E-state index in [4.69, 9.17) is 4.74 Å². The van der Waals surface area contributed by atoms with Crippen molar-refractivity contribution >= 4 is 0 Å². The summed E-state index contributed by atoms with van der Waals surface area (Å²) in [7, 11) is 0. The molecule has 3 unspecified atom stereocenters. The SMILES string of the molecule is CC1(CCCN2CCCCC2)CCc2cc(O)c3c(c2O1)C1CCC3C1. The molecule has 0 aromatic heterocycles. The van der Waals surface area contributed by atoms with Crippen LogP contribution in [0, 0.1) is 0 Å². The Hall–Kier alpha value is -1.22. The summed E-state index contributed by atoms with van der Waals surface area (Å²) < 4.78 is 6.73. The lowest BCUT2D eigenvalue weighted by Crippen LogP contribution is -2.38. The number of aromatic hydroxyl groups is 1. The summed E-state index contributed by atoms with van der Waals surface area (Å²) >= 11 is 0. The molecule has 2 heterocycles. The van der Waals surface area contributed by atoms with Gasteiger partial charge in [0, 0.05) is 11.1 Å². The number of hydrogen-bond donors (Lipinski definition) is 1. The molecular formula is C23H33NO2. The van der Waals surface area contributed by atoms with Gasteiger partial charge >= 0.3 is 0 Å². The van der Waals surface area contributed by atoms with E-state index in [1.54, 1.807) is 0 Å². The Labute approximate surface area is 157 Å². The summed E-state index contributed by atoms with van der Waals surface area (Å²) in [5.74, 6) is 2.92. The van der Waals surface area contributed by atoms with E-state index in [9.17, 15) is 5.11 Å². The third-order valence-corrected chi connectivity index (χ3v) is 7.56. The molecule has 2 bridgehead atoms. The highest BCUT2D eigenvalue weighted by atomic mass is 16.5. The fraction of sp³-hybridized carbons (Fsp3) is 0.739. The lowest BCUT2D eigenvalue weighted by molar-refractivity contribution is 0.0485. The monoisotopic (exact) mass is 355 g/mol. The van der Waals surface area contributed by atoms with Crippen LogP contribution in [0.15, 0.2) is 6.07 Å². The number of fused-ring (bicyclic) bond motifs is 7. The third kappa shape index (κ3) is 2.83. The number of phenolic OH excluding ortho intramolecular Hbond substituents is 1. The normalized spacial score (nSPS) is 33.0. The number of rotatable bonds is 4. The van der Waals surface area contributed by atoms with Crippen molar-refractivity contribution in [1.29, 1.82) is 0 Å². The maximum atomic E-state index is 10.6. The van der Waals surface area contributed by atoms with Crippen molar-refractivity contribution in [2.45, 2.75) is 88.6 Å². The summed E-state index contributed by atoms with van der Waals surface area (Å²) in [4.78, 5) is 2.64. The second-order valence-corrected chi connectivity index (χ2v) is 9.48. The van der Waals surface area contributed by atoms with Crippen molar-refractivity contribution in [1.82, 2.24) is 4.90 Å². The zero-order valence-electron chi connectivity index (χ0n) is 16.2. The van der Waals surface area contributed by atoms with Gasteiger partial charge < -0.3 is 14.7 Å². The number of piperidine rings is 1. The molecular weight excluding hydrogens is 322 g/mol. The number of hydrogen-bond acceptors (Lipinski definition) is 3. The second-order valence-electron chi connectivity index (χ2n) is 9.48. The van der Waals surface area contributed by atoms with Crippen LogP contribution in [0.25, 0.3) is 0 Å². The maximum absolute atomic E-state index is 10.6. The highest BCUT2D eigenvalue weighted by molar-refractivity contribution is 5.60. The van der Waals surface area contributed by atoms with E-state index in [0.717, 1.165) is 25.0 Å². The molecule has 0 spiro atoms. The highest BCUT2D eigenvalue weighted by Crippen LogP contribution is 2.60. The molecule has 1 saturated carbocycles. The van der Waals surface area contributed by atoms with Crippen LogP contribution >= 0.6 is 0 Å². The Balaban J connectivity index is 1.31. The molecule has 26 heavy (non-hydrogen) atoms. The topological polar surface area (TPSA) is 32.7 Å². The van der Waals surface area contributed by atoms with Gasteiger partial charge in [0.15, 0.2) is 0 Å². The third-order valence-electron chi connectivity index (χ3n) is 7.56. The fourth-order valence-electron chi connectivity index (χ4n) is 6.12. The number of likely N-dealkylation sites (tertiary alicyclic amines) is 1. The van der Waals surface area contributed by atoms with Gasteiger partial charge in [-0.2, -0.15) is 0 Å². The van der Waals surface area contributed by atoms with Crippen LogP contribution in [-0.2, 0) is 6.42 Å². The molecule has 4 aliphatic rings. The van der Waals surface area contributed by atoms with Crippen LogP contribution < -0.4 is 4.74 Å². The minimum absolute atomic E-state index is 0.0324. The van der Waals surface area contributed by atoms with Crippen LogP contribution in [0.1, 0.15) is 93.2 Å². The van der Waals surface area contributed by atoms with Gasteiger partial charge in [0.2, 0.25) is 0 Å². The number of phenols is 1. The van der Waals surface area contributed by atoms with Crippen molar-refractivity contribution < 1.29 is 9.84 Å². The summed E-state index contributed by atoms with van der Waals surface area (Å²) in [6, 6.07) is 2.02. The van der Waals surface area contributed by atoms with Gasteiger partial charge in [0.05, 0.1) is 0 Å². The second kappa shape index (κ2) is 6.44. The smallest absolute Gasteiger partial charge is 0.127 e. The van der Waals surface area contributed by atoms with Gasteiger partial charge in [0.1, 0.15) is 17.1 Å². The Morgan fingerprint density at radius 3 is 2.73 bits per heavy atom. The molecule has 3 atom stereocenters. The molecule has 0 amide bonds. The Bertz CT molecular complexity index is 694. The van der Waals surface area contributed by atoms with Crippen molar-refractivity contribution in [2.75, 3.05) is 19.6 Å². The molecule has 2 fully saturated rings. The first-order valence-electron chi connectivity index (χ1n) is 10.9. The van der Waals surface area contributed by atoms with Crippen molar-refractivity contribution in [2.24, 2.45) is 0 Å². The minimum atomic E-state index is -0.0324. The van der Waals surface area contributed by atoms with Crippen LogP contribution in [0.5, 0.6) is 11.5 Å². The summed E-state index contributed by atoms with van der Waals surface area (Å²) in [5.41, 5.74) is 3.84. The highest BCUT2D eigenvalue weighted by Gasteiger charge is 2.44. The predicted molar refractivity (Wildman–Crippen MR) is 104 cm³/mol. The standard InChI is InChI=1S/C23H33NO2/c1-23(9-5-13-24-11-3-2-4-12-24)10-8-18-15-19(25)20-16-6-7-17(14-16)21(20)22(18)26-23/h15-17,25H,2-14H2,1H3. The lowest BCUT2D eigenvalue weighted by atomic mass is 9.83. The van der Waals surface area contributed by atoms with E-state index in [1.165, 1.54) is 81.3 Å². The fourth-order valence-corrected chi connectivity index (χ4v) is 6.12. The van der Waals surface area contributed by atoms with E-state index in [1.807, 2.05) is 6.07 Å². The lowest BCUT2D eigenvalue weighted by Gasteiger charge is -2.39. The molecule has 1 N–H and O–H groups in total. The molecule has 2 aliphatic heterocycles. The molecule has 1 saturated heterocycles. The van der Waals surface area contributed by atoms with E-state index < -0.39 is 0 Å². The van der Waals surface area contributed by atoms with E-state index in [-0.39, 0.29) is 5.60 Å². The molecule has 0 radical (unpaired) electrons. The quantitative estimate of drug-likeness (QED) is 0.815. The van der Waals surface area contributed by atoms with Gasteiger partial charge in [-0.1, -0.05) is 6.42 Å². The molecule has 5 rings (SSSR count). The minimum Gasteiger partial charge on any atom is -0.508 e. The van der Waals surface area contributed by atoms with Gasteiger partial charge in [-0.15, -0.1) is 0 Å². The Kier molecular flexibility index (Phi) is 4.19. The van der Waals surface area contributed by atoms with E-state index >= 15 is 0 Å². The first-order chi connectivity index (χ1) is 12.6. The van der Waals surface area contributed by atoms with Crippen molar-refractivity contribution in [3.05, 3.63) is 22.8 Å². The van der Waals surface area contributed by atoms with Crippen LogP contribution in [0.2, 0.25) is 0 Å². The zero-order valence-corrected chi connectivity index (χ0v) is 16.2. The van der Waals surface area contributed by atoms with Crippen molar-refractivity contribution in [3.8, 4) is 11.5 Å². The first kappa shape index (κ1) is 16.9. The van der Waals surface area contributed by atoms with Gasteiger partial charge in [-0.25, -0.2) is 0 Å². The van der Waals surface area contributed by atoms with E-state index in [0.29, 0.717) is 17.6 Å². The Morgan fingerprint density at radius 2 is 1.92 bits per heavy atom. The number of aryl methyl sites for hydroxylation is 1. The molecule has 1 aromatic rings. The maximum Gasteiger partial charge on any atom is 0.127 e. The zero-order chi connectivity index (χ0) is 17.7. The van der Waals surface area contributed by atoms with Crippen LogP contribution in [0.3, 0.4) is 0 Å². The van der Waals surface area contributed by atoms with Gasteiger partial charge in [0.25, 0.3) is 0 Å². The molecule has 2 aliphatic carbocycles. The Morgan fingerprint density at radius 1 is 1.15 bits per heavy atom. The van der Waals surface area contributed by atoms with Crippen LogP contribution in [-0.4, -0.2) is 35.2 Å². The first-order valence-corrected chi connectivity index (χ1v) is 10.9. The summed E-state index contributed by atoms with van der Waals surface area (Å²) in [6.45, 7) is 6.12. The largest absolute Gasteiger partial charge is 0.508 e. The number of ether oxygens (including phenoxy) is 1. The average Bonchev–Trinajstić information content (AvgIpc) is 3.26. The average molecular weight is 356 g/mol. The number of benzene rings is 1. The molecule has 1 aromatic carbocycles. The van der Waals surface area contributed by atoms with Crippen molar-refractivity contribution in [3.63, 3.8) is 0 Å². The molecule has 3 heteroatoms. The molecule has 3 nitrogen and oxygen atoms in total. The van der Waals surface area contributed by atoms with Gasteiger partial charge in [-0.3, -0.25) is 0 Å². The van der Waals surface area contributed by atoms with E-state index in [2.05, 4.69) is 11.8 Å². The summed E-state index contributed by atoms with van der Waals surface area (Å²) in [6.07, 6.45) is 12.4.